The summed E-state index contributed by atoms with van der Waals surface area (Å²) in [7, 11) is -5.39. The lowest BCUT2D eigenvalue weighted by Crippen LogP contribution is -2.65. The van der Waals surface area contributed by atoms with E-state index in [-0.39, 0.29) is 25.4 Å². The first-order chi connectivity index (χ1) is 38.7. The Morgan fingerprint density at radius 3 is 1.40 bits per heavy atom. The van der Waals surface area contributed by atoms with Gasteiger partial charge in [-0.25, -0.2) is 0 Å². The third-order valence-electron chi connectivity index (χ3n) is 14.3. The molecule has 0 aromatic heterocycles. The second-order valence-corrected chi connectivity index (χ2v) is 21.0. The molecule has 82 heavy (non-hydrogen) atoms. The van der Waals surface area contributed by atoms with Crippen molar-refractivity contribution in [3.63, 3.8) is 0 Å². The topological polar surface area (TPSA) is 619 Å². The first-order valence-corrected chi connectivity index (χ1v) is 27.5. The minimum Gasteiger partial charge on any atom is -0.790 e. The van der Waals surface area contributed by atoms with Crippen LogP contribution in [0.25, 0.3) is 0 Å². The quantitative estimate of drug-likeness (QED) is 0.0185. The Morgan fingerprint density at radius 2 is 0.902 bits per heavy atom. The number of aliphatic hydroxyl groups excluding tert-OH is 17. The molecule has 18 N–H and O–H groups in total. The first kappa shape index (κ1) is 71.2. The molecule has 480 valence electrons. The monoisotopic (exact) mass is 1240 g/mol. The van der Waals surface area contributed by atoms with E-state index in [1.165, 1.54) is 7.05 Å². The number of aliphatic hydroxyl groups is 17. The third kappa shape index (κ3) is 17.8. The van der Waals surface area contributed by atoms with Gasteiger partial charge in [0, 0.05) is 19.4 Å². The Balaban J connectivity index is 0.00000402. The molecule has 0 aliphatic carbocycles. The highest BCUT2D eigenvalue weighted by molar-refractivity contribution is 7.43. The van der Waals surface area contributed by atoms with Gasteiger partial charge in [0.05, 0.1) is 75.0 Å². The second-order valence-electron chi connectivity index (χ2n) is 19.7. The largest absolute Gasteiger partial charge is 0.790 e. The Bertz CT molecular complexity index is 1960. The average Bonchev–Trinajstić information content (AvgIpc) is 3.50. The highest BCUT2D eigenvalue weighted by Gasteiger charge is 2.56. The van der Waals surface area contributed by atoms with Crippen molar-refractivity contribution in [3.8, 4) is 0 Å². The Kier molecular flexibility index (Phi) is 28.3. The Hall–Kier alpha value is -1.56. The van der Waals surface area contributed by atoms with Gasteiger partial charge >= 0.3 is 0 Å². The zero-order valence-electron chi connectivity index (χ0n) is 43.1. The molecule has 6 heterocycles. The minimum atomic E-state index is -5.69. The van der Waals surface area contributed by atoms with E-state index in [0.717, 1.165) is 0 Å². The van der Waals surface area contributed by atoms with E-state index in [2.05, 4.69) is 14.7 Å². The number of amides is 1. The number of carbonyl (C=O) groups excluding carboxylic acids is 1. The summed E-state index contributed by atoms with van der Waals surface area (Å²) in [5.74, 6) is -1.94. The standard InChI is InChI=1S/C42H74NO35P.HO2P/c1-43-20(46)3-2-4-66-38-22(48)12(5-13-36(31(57)23(49)14(6-44)71-13)77-40-34(60)30(56)27(53)19(76-40)11-70-79(63,64)65)21(47)16(73-38)8-67-39-33(59)28(54)25(51)17(74-39)9-68-42-37(32(58)24(50)15(7-45)72-42)78-41-35(61)29(55)26(52)18(75-41)10-69-62;1-3-2/h12-19,21-42,44-45,47-62H,2-11H2,1H3,(H,43,46)(H2,63,64,65);(H,1,2)/p-4/t12-,13-,14?,15?,16?,17?,18?,19?,21-,22?,23+,24+,25+,26+,27+,28-,29-,30-,31-,32-,33?,34?,35?,36?,37?,38+,39-,40+,41-,42-;/m0./s1. The lowest BCUT2D eigenvalue weighted by atomic mass is 9.81. The van der Waals surface area contributed by atoms with E-state index in [9.17, 15) is 111 Å². The van der Waals surface area contributed by atoms with Crippen LogP contribution < -0.4 is 25.3 Å². The predicted octanol–water partition coefficient (Wildman–Crippen LogP) is -15.2. The number of nitrogens with one attached hydrogen (secondary N) is 1. The molecule has 0 radical (unpaired) electrons. The van der Waals surface area contributed by atoms with Gasteiger partial charge in [0.25, 0.3) is 0 Å². The number of rotatable bonds is 24. The highest BCUT2D eigenvalue weighted by atomic mass is 31.2. The summed E-state index contributed by atoms with van der Waals surface area (Å²) >= 11 is 0. The van der Waals surface area contributed by atoms with Crippen LogP contribution in [0.5, 0.6) is 0 Å². The molecular formula is C42H71NO37P2-4. The average molecular weight is 1240 g/mol. The van der Waals surface area contributed by atoms with Crippen LogP contribution in [0.3, 0.4) is 0 Å². The zero-order chi connectivity index (χ0) is 61.1. The fourth-order valence-corrected chi connectivity index (χ4v) is 10.0. The molecule has 6 rings (SSSR count). The van der Waals surface area contributed by atoms with Gasteiger partial charge in [-0.1, -0.05) is 0 Å². The van der Waals surface area contributed by atoms with Crippen molar-refractivity contribution in [3.05, 3.63) is 0 Å². The molecular weight excluding hydrogens is 1170 g/mol. The van der Waals surface area contributed by atoms with Crippen LogP contribution in [0.15, 0.2) is 0 Å². The SMILES string of the molecule is CNC(=O)CCCO[C@@H]1OC(CO[C@H]2OC(CO[C@H]3OC(CO)[C@@H](O)[C@H](O)C3O[C@@H]3OC(CO[O-])[C@@H](O)[C@H](O)C3O)[C@@H](O)[C@H](O)C2O)[C@@H](O)[C@H](C[C@@H]2OC(CO)[C@@H](O)[C@H](O)C2O[C@H]2OC(COP(=O)([O-])[O-])[C@@H](O)[C@H](O)C2O)C1O.O=P[O-]. The van der Waals surface area contributed by atoms with Crippen LogP contribution in [0.1, 0.15) is 19.3 Å². The molecule has 0 aromatic carbocycles. The van der Waals surface area contributed by atoms with Crippen molar-refractivity contribution < 1.29 is 182 Å². The molecule has 40 heteroatoms. The van der Waals surface area contributed by atoms with Crippen molar-refractivity contribution in [1.29, 1.82) is 0 Å². The van der Waals surface area contributed by atoms with Crippen LogP contribution in [-0.2, 0) is 75.4 Å². The molecule has 12 unspecified atom stereocenters. The maximum atomic E-state index is 11.9. The van der Waals surface area contributed by atoms with Gasteiger partial charge in [0.15, 0.2) is 31.5 Å². The molecule has 0 aromatic rings. The summed E-state index contributed by atoms with van der Waals surface area (Å²) in [6, 6.07) is 0. The molecule has 0 spiro atoms. The van der Waals surface area contributed by atoms with Gasteiger partial charge < -0.3 is 178 Å². The number of hydrogen-bond acceptors (Lipinski definition) is 37. The van der Waals surface area contributed by atoms with Crippen molar-refractivity contribution in [2.75, 3.05) is 53.3 Å². The maximum Gasteiger partial charge on any atom is 0.219 e. The molecule has 0 bridgehead atoms. The van der Waals surface area contributed by atoms with E-state index in [1.807, 2.05) is 0 Å². The Morgan fingerprint density at radius 1 is 0.500 bits per heavy atom. The van der Waals surface area contributed by atoms with E-state index < -0.39 is 246 Å². The molecule has 6 fully saturated rings. The van der Waals surface area contributed by atoms with Crippen molar-refractivity contribution >= 4 is 22.4 Å². The third-order valence-corrected chi connectivity index (χ3v) is 14.8. The summed E-state index contributed by atoms with van der Waals surface area (Å²) in [5, 5.41) is 197. The normalized spacial score (nSPS) is 45.7. The minimum absolute atomic E-state index is 0.0504. The number of ether oxygens (including phenoxy) is 11. The van der Waals surface area contributed by atoms with Gasteiger partial charge in [0.1, 0.15) is 134 Å². The van der Waals surface area contributed by atoms with Crippen LogP contribution in [0, 0.1) is 5.92 Å². The summed E-state index contributed by atoms with van der Waals surface area (Å²) in [5.41, 5.74) is 0. The summed E-state index contributed by atoms with van der Waals surface area (Å²) < 4.78 is 86.2. The lowest BCUT2D eigenvalue weighted by molar-refractivity contribution is -0.692. The zero-order valence-corrected chi connectivity index (χ0v) is 44.8. The first-order valence-electron chi connectivity index (χ1n) is 25.3. The number of hydrogen-bond donors (Lipinski definition) is 18. The van der Waals surface area contributed by atoms with Gasteiger partial charge in [-0.05, 0) is 12.8 Å². The molecule has 6 saturated heterocycles. The molecule has 6 aliphatic rings. The van der Waals surface area contributed by atoms with Crippen LogP contribution in [0.2, 0.25) is 0 Å². The molecule has 0 saturated carbocycles. The smallest absolute Gasteiger partial charge is 0.219 e. The van der Waals surface area contributed by atoms with E-state index in [1.54, 1.807) is 0 Å². The van der Waals surface area contributed by atoms with Crippen molar-refractivity contribution in [2.45, 2.75) is 197 Å². The predicted molar refractivity (Wildman–Crippen MR) is 242 cm³/mol. The molecule has 38 nitrogen and oxygen atoms in total. The van der Waals surface area contributed by atoms with Crippen molar-refractivity contribution in [2.24, 2.45) is 5.92 Å². The Labute approximate surface area is 465 Å². The summed E-state index contributed by atoms with van der Waals surface area (Å²) in [6.07, 6.45) is -56.2. The van der Waals surface area contributed by atoms with Crippen LogP contribution in [0.4, 0.5) is 0 Å². The second kappa shape index (κ2) is 32.6. The van der Waals surface area contributed by atoms with E-state index in [0.29, 0.717) is 0 Å². The fourth-order valence-electron chi connectivity index (χ4n) is 9.70. The van der Waals surface area contributed by atoms with Gasteiger partial charge in [-0.2, -0.15) is 0 Å². The fraction of sp³-hybridized carbons (Fsp3) is 0.976. The molecule has 1 amide bonds. The van der Waals surface area contributed by atoms with Crippen molar-refractivity contribution in [1.82, 2.24) is 5.32 Å². The number of phosphoric acid groups is 1. The van der Waals surface area contributed by atoms with Gasteiger partial charge in [-0.3, -0.25) is 9.36 Å². The van der Waals surface area contributed by atoms with Gasteiger partial charge in [-0.15, -0.1) is 0 Å². The van der Waals surface area contributed by atoms with Crippen LogP contribution in [-0.4, -0.2) is 324 Å². The summed E-state index contributed by atoms with van der Waals surface area (Å²) in [4.78, 5) is 46.4. The molecule has 6 aliphatic heterocycles. The molecule has 30 atom stereocenters. The van der Waals surface area contributed by atoms with E-state index >= 15 is 0 Å². The van der Waals surface area contributed by atoms with Crippen LogP contribution >= 0.6 is 16.5 Å². The maximum absolute atomic E-state index is 11.9. The number of carbonyl (C=O) groups is 1. The highest BCUT2D eigenvalue weighted by Crippen LogP contribution is 2.39. The van der Waals surface area contributed by atoms with Gasteiger partial charge in [0.2, 0.25) is 5.91 Å². The number of phosphoric ester groups is 1. The lowest BCUT2D eigenvalue weighted by Gasteiger charge is -2.49. The summed E-state index contributed by atoms with van der Waals surface area (Å²) in [6.45, 7) is -5.91. The van der Waals surface area contributed by atoms with E-state index in [4.69, 9.17) is 61.6 Å².